The minimum atomic E-state index is -0.0546. The summed E-state index contributed by atoms with van der Waals surface area (Å²) in [6.45, 7) is 7.22. The first-order chi connectivity index (χ1) is 12.5. The third kappa shape index (κ3) is 3.81. The summed E-state index contributed by atoms with van der Waals surface area (Å²) in [4.78, 5) is 24.9. The van der Waals surface area contributed by atoms with Crippen molar-refractivity contribution < 1.29 is 9.90 Å². The van der Waals surface area contributed by atoms with Crippen molar-refractivity contribution in [3.63, 3.8) is 0 Å². The van der Waals surface area contributed by atoms with Crippen molar-refractivity contribution in [2.75, 3.05) is 39.8 Å². The smallest absolute Gasteiger partial charge is 0.274 e. The van der Waals surface area contributed by atoms with Gasteiger partial charge < -0.3 is 19.9 Å². The Morgan fingerprint density at radius 1 is 1.31 bits per heavy atom. The van der Waals surface area contributed by atoms with Crippen LogP contribution >= 0.6 is 0 Å². The molecule has 140 valence electrons. The lowest BCUT2D eigenvalue weighted by atomic mass is 9.96. The van der Waals surface area contributed by atoms with E-state index in [9.17, 15) is 9.90 Å². The second kappa shape index (κ2) is 8.01. The first kappa shape index (κ1) is 18.6. The van der Waals surface area contributed by atoms with Crippen molar-refractivity contribution in [2.45, 2.75) is 13.8 Å². The maximum absolute atomic E-state index is 13.0. The van der Waals surface area contributed by atoms with Crippen LogP contribution in [0.2, 0.25) is 0 Å². The number of carbonyl (C=O) groups excluding carboxylic acids is 1. The van der Waals surface area contributed by atoms with E-state index >= 15 is 0 Å². The number of benzene rings is 1. The molecule has 1 amide bonds. The van der Waals surface area contributed by atoms with Gasteiger partial charge in [-0.05, 0) is 26.4 Å². The molecular formula is C20H28N4O2. The van der Waals surface area contributed by atoms with Gasteiger partial charge in [0.05, 0.1) is 0 Å². The molecule has 0 radical (unpaired) electrons. The summed E-state index contributed by atoms with van der Waals surface area (Å²) < 4.78 is 0. The summed E-state index contributed by atoms with van der Waals surface area (Å²) in [5, 5.41) is 9.72. The Morgan fingerprint density at radius 2 is 2.00 bits per heavy atom. The van der Waals surface area contributed by atoms with Crippen LogP contribution in [0.5, 0.6) is 0 Å². The summed E-state index contributed by atoms with van der Waals surface area (Å²) in [5.74, 6) is 1.08. The Kier molecular flexibility index (Phi) is 5.74. The number of aliphatic hydroxyl groups excluding tert-OH is 1. The highest BCUT2D eigenvalue weighted by Crippen LogP contribution is 2.26. The number of hydrogen-bond donors (Lipinski definition) is 2. The van der Waals surface area contributed by atoms with Crippen LogP contribution in [-0.4, -0.2) is 70.6 Å². The number of imidazole rings is 1. The van der Waals surface area contributed by atoms with Crippen molar-refractivity contribution in [3.05, 3.63) is 41.7 Å². The van der Waals surface area contributed by atoms with Crippen LogP contribution in [0.25, 0.3) is 11.4 Å². The highest BCUT2D eigenvalue weighted by Gasteiger charge is 2.36. The van der Waals surface area contributed by atoms with Crippen LogP contribution in [0.15, 0.2) is 30.3 Å². The minimum absolute atomic E-state index is 0.0546. The highest BCUT2D eigenvalue weighted by molar-refractivity contribution is 5.94. The molecule has 1 fully saturated rings. The van der Waals surface area contributed by atoms with E-state index in [2.05, 4.69) is 28.8 Å². The van der Waals surface area contributed by atoms with Gasteiger partial charge in [0, 0.05) is 43.4 Å². The Hall–Kier alpha value is -2.18. The summed E-state index contributed by atoms with van der Waals surface area (Å²) in [6.07, 6.45) is 0. The van der Waals surface area contributed by atoms with Crippen LogP contribution in [0.1, 0.15) is 23.1 Å². The van der Waals surface area contributed by atoms with Gasteiger partial charge in [0.15, 0.2) is 0 Å². The molecule has 6 nitrogen and oxygen atoms in total. The van der Waals surface area contributed by atoms with Crippen molar-refractivity contribution in [2.24, 2.45) is 11.8 Å². The first-order valence-corrected chi connectivity index (χ1v) is 9.24. The van der Waals surface area contributed by atoms with E-state index in [0.29, 0.717) is 30.5 Å². The zero-order chi connectivity index (χ0) is 18.7. The molecule has 2 N–H and O–H groups in total. The van der Waals surface area contributed by atoms with E-state index in [-0.39, 0.29) is 18.4 Å². The van der Waals surface area contributed by atoms with Crippen LogP contribution in [0.4, 0.5) is 0 Å². The predicted octanol–water partition coefficient (Wildman–Crippen LogP) is 2.02. The molecule has 1 aliphatic rings. The van der Waals surface area contributed by atoms with E-state index in [4.69, 9.17) is 0 Å². The molecule has 6 heteroatoms. The number of aliphatic hydroxyl groups is 1. The number of nitrogens with zero attached hydrogens (tertiary/aromatic N) is 3. The normalized spacial score (nSPS) is 20.1. The molecule has 2 atom stereocenters. The lowest BCUT2D eigenvalue weighted by molar-refractivity contribution is 0.0773. The molecule has 2 heterocycles. The highest BCUT2D eigenvalue weighted by atomic mass is 16.3. The zero-order valence-electron chi connectivity index (χ0n) is 15.8. The molecule has 1 saturated heterocycles. The van der Waals surface area contributed by atoms with Gasteiger partial charge in [-0.1, -0.05) is 37.3 Å². The molecule has 0 unspecified atom stereocenters. The van der Waals surface area contributed by atoms with Gasteiger partial charge in [-0.25, -0.2) is 4.98 Å². The van der Waals surface area contributed by atoms with Gasteiger partial charge in [-0.15, -0.1) is 0 Å². The molecule has 1 aromatic carbocycles. The Bertz CT molecular complexity index is 744. The third-order valence-corrected chi connectivity index (χ3v) is 5.32. The first-order valence-electron chi connectivity index (χ1n) is 9.24. The number of nitrogens with one attached hydrogen (secondary N) is 1. The lowest BCUT2D eigenvalue weighted by Crippen LogP contribution is -2.32. The monoisotopic (exact) mass is 356 g/mol. The van der Waals surface area contributed by atoms with Crippen molar-refractivity contribution >= 4 is 5.91 Å². The van der Waals surface area contributed by atoms with Crippen molar-refractivity contribution in [3.8, 4) is 11.4 Å². The average molecular weight is 356 g/mol. The molecule has 26 heavy (non-hydrogen) atoms. The molecule has 3 rings (SSSR count). The van der Waals surface area contributed by atoms with Crippen LogP contribution in [0, 0.1) is 18.8 Å². The number of amides is 1. The lowest BCUT2D eigenvalue weighted by Gasteiger charge is -2.22. The fourth-order valence-electron chi connectivity index (χ4n) is 3.60. The van der Waals surface area contributed by atoms with Gasteiger partial charge in [-0.2, -0.15) is 0 Å². The van der Waals surface area contributed by atoms with E-state index < -0.39 is 0 Å². The molecule has 2 aromatic rings. The van der Waals surface area contributed by atoms with Gasteiger partial charge in [0.2, 0.25) is 0 Å². The molecule has 0 bridgehead atoms. The van der Waals surface area contributed by atoms with Crippen LogP contribution in [0.3, 0.4) is 0 Å². The second-order valence-corrected chi connectivity index (χ2v) is 7.19. The maximum Gasteiger partial charge on any atom is 0.274 e. The Morgan fingerprint density at radius 3 is 2.65 bits per heavy atom. The number of aromatic nitrogens is 2. The SMILES string of the molecule is CCN(C)C[C@@H]1CN(C(=O)c2nc(-c3ccccc3)[nH]c2C)C[C@@H]1CO. The zero-order valence-corrected chi connectivity index (χ0v) is 15.8. The number of aromatic amines is 1. The van der Waals surface area contributed by atoms with Crippen molar-refractivity contribution in [1.29, 1.82) is 0 Å². The number of likely N-dealkylation sites (tertiary alicyclic amines) is 1. The minimum Gasteiger partial charge on any atom is -0.396 e. The van der Waals surface area contributed by atoms with Gasteiger partial charge in [-0.3, -0.25) is 4.79 Å². The average Bonchev–Trinajstić information content (AvgIpc) is 3.25. The number of aryl methyl sites for hydroxylation is 1. The predicted molar refractivity (Wildman–Crippen MR) is 102 cm³/mol. The third-order valence-electron chi connectivity index (χ3n) is 5.32. The number of rotatable bonds is 6. The largest absolute Gasteiger partial charge is 0.396 e. The topological polar surface area (TPSA) is 72.5 Å². The van der Waals surface area contributed by atoms with E-state index in [1.807, 2.05) is 42.2 Å². The summed E-state index contributed by atoms with van der Waals surface area (Å²) in [7, 11) is 2.07. The maximum atomic E-state index is 13.0. The van der Waals surface area contributed by atoms with Gasteiger partial charge >= 0.3 is 0 Å². The standard InChI is InChI=1S/C20H28N4O2/c1-4-23(3)10-16-11-24(12-17(16)13-25)20(26)18-14(2)21-19(22-18)15-8-6-5-7-9-15/h5-9,16-17,25H,4,10-13H2,1-3H3,(H,21,22)/t16-,17-/m1/s1. The van der Waals surface area contributed by atoms with E-state index in [1.165, 1.54) is 0 Å². The van der Waals surface area contributed by atoms with Crippen molar-refractivity contribution in [1.82, 2.24) is 19.8 Å². The summed E-state index contributed by atoms with van der Waals surface area (Å²) >= 11 is 0. The fourth-order valence-corrected chi connectivity index (χ4v) is 3.60. The van der Waals surface area contributed by atoms with Gasteiger partial charge in [0.25, 0.3) is 5.91 Å². The quantitative estimate of drug-likeness (QED) is 0.831. The number of H-pyrrole nitrogens is 1. The van der Waals surface area contributed by atoms with Crippen LogP contribution in [-0.2, 0) is 0 Å². The molecule has 1 aromatic heterocycles. The summed E-state index contributed by atoms with van der Waals surface area (Å²) in [6, 6.07) is 9.81. The van der Waals surface area contributed by atoms with E-state index in [0.717, 1.165) is 24.3 Å². The molecule has 0 aliphatic carbocycles. The Labute approximate surface area is 154 Å². The van der Waals surface area contributed by atoms with Gasteiger partial charge in [0.1, 0.15) is 11.5 Å². The molecule has 0 saturated carbocycles. The summed E-state index contributed by atoms with van der Waals surface area (Å²) in [5.41, 5.74) is 2.22. The second-order valence-electron chi connectivity index (χ2n) is 7.19. The number of carbonyl (C=O) groups is 1. The van der Waals surface area contributed by atoms with E-state index in [1.54, 1.807) is 0 Å². The Balaban J connectivity index is 1.76. The number of hydrogen-bond acceptors (Lipinski definition) is 4. The van der Waals surface area contributed by atoms with Crippen LogP contribution < -0.4 is 0 Å². The molecule has 1 aliphatic heterocycles. The molecule has 0 spiro atoms. The molecular weight excluding hydrogens is 328 g/mol. The fraction of sp³-hybridized carbons (Fsp3) is 0.500.